The average molecular weight is 291 g/mol. The molecule has 1 fully saturated rings. The molecule has 3 rings (SSSR count). The zero-order chi connectivity index (χ0) is 14.2. The van der Waals surface area contributed by atoms with Crippen molar-refractivity contribution in [2.45, 2.75) is 18.9 Å². The molecule has 0 amide bonds. The molecular weight excluding hydrogens is 274 g/mol. The highest BCUT2D eigenvalue weighted by molar-refractivity contribution is 7.91. The maximum atomic E-state index is 11.7. The Morgan fingerprint density at radius 2 is 2.15 bits per heavy atom. The molecule has 1 unspecified atom stereocenters. The van der Waals surface area contributed by atoms with Gasteiger partial charge in [-0.2, -0.15) is 0 Å². The van der Waals surface area contributed by atoms with E-state index >= 15 is 0 Å². The van der Waals surface area contributed by atoms with Crippen molar-refractivity contribution in [1.29, 1.82) is 0 Å². The normalized spacial score (nSPS) is 21.7. The SMILES string of the molecule is Nc1ccc2c(NC3CCCS(=O)(=O)C3)ccnc2c1. The van der Waals surface area contributed by atoms with Gasteiger partial charge >= 0.3 is 0 Å². The van der Waals surface area contributed by atoms with Crippen molar-refractivity contribution in [2.75, 3.05) is 22.6 Å². The van der Waals surface area contributed by atoms with Gasteiger partial charge in [-0.1, -0.05) is 0 Å². The molecule has 3 N–H and O–H groups in total. The monoisotopic (exact) mass is 291 g/mol. The van der Waals surface area contributed by atoms with E-state index < -0.39 is 9.84 Å². The van der Waals surface area contributed by atoms with Crippen LogP contribution in [0.4, 0.5) is 11.4 Å². The summed E-state index contributed by atoms with van der Waals surface area (Å²) in [5.41, 5.74) is 8.15. The Morgan fingerprint density at radius 3 is 2.95 bits per heavy atom. The van der Waals surface area contributed by atoms with Gasteiger partial charge in [0.15, 0.2) is 9.84 Å². The fourth-order valence-electron chi connectivity index (χ4n) is 2.65. The van der Waals surface area contributed by atoms with Gasteiger partial charge in [-0.05, 0) is 37.1 Å². The fourth-order valence-corrected chi connectivity index (χ4v) is 4.28. The number of nitrogens with two attached hydrogens (primary N) is 1. The zero-order valence-electron chi connectivity index (χ0n) is 11.0. The van der Waals surface area contributed by atoms with Crippen LogP contribution in [0, 0.1) is 0 Å². The van der Waals surface area contributed by atoms with Crippen LogP contribution in [-0.2, 0) is 9.84 Å². The highest BCUT2D eigenvalue weighted by Crippen LogP contribution is 2.25. The second-order valence-electron chi connectivity index (χ2n) is 5.23. The van der Waals surface area contributed by atoms with Gasteiger partial charge in [0, 0.05) is 29.0 Å². The van der Waals surface area contributed by atoms with Crippen LogP contribution >= 0.6 is 0 Å². The number of nitrogen functional groups attached to an aromatic ring is 1. The van der Waals surface area contributed by atoms with Crippen LogP contribution in [0.15, 0.2) is 30.5 Å². The molecule has 1 atom stereocenters. The highest BCUT2D eigenvalue weighted by atomic mass is 32.2. The summed E-state index contributed by atoms with van der Waals surface area (Å²) in [6.07, 6.45) is 3.30. The molecule has 0 aliphatic carbocycles. The van der Waals surface area contributed by atoms with Crippen molar-refractivity contribution >= 4 is 32.1 Å². The summed E-state index contributed by atoms with van der Waals surface area (Å²) in [6.45, 7) is 0. The van der Waals surface area contributed by atoms with Gasteiger partial charge in [0.05, 0.1) is 17.0 Å². The number of nitrogens with zero attached hydrogens (tertiary/aromatic N) is 1. The Bertz CT molecular complexity index is 743. The molecular formula is C14H17N3O2S. The van der Waals surface area contributed by atoms with Crippen LogP contribution in [-0.4, -0.2) is 30.9 Å². The summed E-state index contributed by atoms with van der Waals surface area (Å²) in [7, 11) is -2.91. The van der Waals surface area contributed by atoms with Crippen molar-refractivity contribution in [2.24, 2.45) is 0 Å². The quantitative estimate of drug-likeness (QED) is 0.824. The molecule has 5 nitrogen and oxygen atoms in total. The fraction of sp³-hybridized carbons (Fsp3) is 0.357. The maximum absolute atomic E-state index is 11.7. The van der Waals surface area contributed by atoms with Crippen molar-refractivity contribution in [3.63, 3.8) is 0 Å². The molecule has 0 bridgehead atoms. The standard InChI is InChI=1S/C14H17N3O2S/c15-10-3-4-12-13(5-6-16-14(12)8-10)17-11-2-1-7-20(18,19)9-11/h3-6,8,11H,1-2,7,9,15H2,(H,16,17). The number of nitrogens with one attached hydrogen (secondary N) is 1. The second-order valence-corrected chi connectivity index (χ2v) is 7.46. The van der Waals surface area contributed by atoms with Crippen molar-refractivity contribution in [3.8, 4) is 0 Å². The van der Waals surface area contributed by atoms with Gasteiger partial charge in [0.1, 0.15) is 0 Å². The minimum absolute atomic E-state index is 0.0306. The minimum Gasteiger partial charge on any atom is -0.399 e. The third-order valence-electron chi connectivity index (χ3n) is 3.59. The molecule has 0 saturated carbocycles. The van der Waals surface area contributed by atoms with Gasteiger partial charge < -0.3 is 11.1 Å². The molecule has 2 aromatic rings. The van der Waals surface area contributed by atoms with E-state index in [-0.39, 0.29) is 11.8 Å². The maximum Gasteiger partial charge on any atom is 0.152 e. The van der Waals surface area contributed by atoms with Gasteiger partial charge in [-0.25, -0.2) is 8.42 Å². The van der Waals surface area contributed by atoms with Crippen LogP contribution in [0.1, 0.15) is 12.8 Å². The van der Waals surface area contributed by atoms with Gasteiger partial charge in [-0.15, -0.1) is 0 Å². The van der Waals surface area contributed by atoms with E-state index in [1.54, 1.807) is 6.20 Å². The van der Waals surface area contributed by atoms with E-state index in [4.69, 9.17) is 5.73 Å². The number of pyridine rings is 1. The number of fused-ring (bicyclic) bond motifs is 1. The predicted octanol–water partition coefficient (Wildman–Crippen LogP) is 1.81. The third-order valence-corrected chi connectivity index (χ3v) is 5.41. The first-order valence-corrected chi connectivity index (χ1v) is 8.47. The molecule has 1 aliphatic rings. The van der Waals surface area contributed by atoms with Crippen LogP contribution in [0.2, 0.25) is 0 Å². The third kappa shape index (κ3) is 2.70. The lowest BCUT2D eigenvalue weighted by Crippen LogP contribution is -2.34. The average Bonchev–Trinajstić information content (AvgIpc) is 2.37. The summed E-state index contributed by atoms with van der Waals surface area (Å²) >= 11 is 0. The number of benzene rings is 1. The number of anilines is 2. The molecule has 1 aromatic heterocycles. The smallest absolute Gasteiger partial charge is 0.152 e. The summed E-state index contributed by atoms with van der Waals surface area (Å²) in [4.78, 5) is 4.29. The molecule has 6 heteroatoms. The van der Waals surface area contributed by atoms with Gasteiger partial charge in [-0.3, -0.25) is 4.98 Å². The number of aromatic nitrogens is 1. The number of hydrogen-bond donors (Lipinski definition) is 2. The molecule has 2 heterocycles. The number of rotatable bonds is 2. The van der Waals surface area contributed by atoms with Crippen molar-refractivity contribution in [3.05, 3.63) is 30.5 Å². The summed E-state index contributed by atoms with van der Waals surface area (Å²) in [5, 5.41) is 4.30. The molecule has 1 aliphatic heterocycles. The van der Waals surface area contributed by atoms with Crippen LogP contribution < -0.4 is 11.1 Å². The zero-order valence-corrected chi connectivity index (χ0v) is 11.9. The van der Waals surface area contributed by atoms with Gasteiger partial charge in [0.2, 0.25) is 0 Å². The first-order chi connectivity index (χ1) is 9.53. The highest BCUT2D eigenvalue weighted by Gasteiger charge is 2.24. The lowest BCUT2D eigenvalue weighted by atomic mass is 10.1. The largest absolute Gasteiger partial charge is 0.399 e. The van der Waals surface area contributed by atoms with Crippen molar-refractivity contribution < 1.29 is 8.42 Å². The molecule has 106 valence electrons. The Hall–Kier alpha value is -1.82. The lowest BCUT2D eigenvalue weighted by molar-refractivity contribution is 0.562. The molecule has 0 radical (unpaired) electrons. The molecule has 1 aromatic carbocycles. The summed E-state index contributed by atoms with van der Waals surface area (Å²) in [6, 6.07) is 7.40. The van der Waals surface area contributed by atoms with E-state index in [0.717, 1.165) is 29.4 Å². The van der Waals surface area contributed by atoms with E-state index in [0.29, 0.717) is 11.4 Å². The lowest BCUT2D eigenvalue weighted by Gasteiger charge is -2.24. The molecule has 20 heavy (non-hydrogen) atoms. The Labute approximate surface area is 118 Å². The van der Waals surface area contributed by atoms with Crippen LogP contribution in [0.3, 0.4) is 0 Å². The van der Waals surface area contributed by atoms with Gasteiger partial charge in [0.25, 0.3) is 0 Å². The van der Waals surface area contributed by atoms with Crippen LogP contribution in [0.5, 0.6) is 0 Å². The first kappa shape index (κ1) is 13.2. The van der Waals surface area contributed by atoms with E-state index in [1.807, 2.05) is 24.3 Å². The number of sulfone groups is 1. The minimum atomic E-state index is -2.91. The van der Waals surface area contributed by atoms with E-state index in [1.165, 1.54) is 0 Å². The van der Waals surface area contributed by atoms with E-state index in [2.05, 4.69) is 10.3 Å². The topological polar surface area (TPSA) is 85.1 Å². The Kier molecular flexibility index (Phi) is 3.25. The van der Waals surface area contributed by atoms with Crippen molar-refractivity contribution in [1.82, 2.24) is 4.98 Å². The molecule has 1 saturated heterocycles. The predicted molar refractivity (Wildman–Crippen MR) is 81.5 cm³/mol. The first-order valence-electron chi connectivity index (χ1n) is 6.65. The van der Waals surface area contributed by atoms with E-state index in [9.17, 15) is 8.42 Å². The molecule has 0 spiro atoms. The second kappa shape index (κ2) is 4.94. The summed E-state index contributed by atoms with van der Waals surface area (Å²) < 4.78 is 23.4. The Balaban J connectivity index is 1.91. The Morgan fingerprint density at radius 1 is 1.30 bits per heavy atom. The summed E-state index contributed by atoms with van der Waals surface area (Å²) in [5.74, 6) is 0.505. The van der Waals surface area contributed by atoms with Crippen LogP contribution in [0.25, 0.3) is 10.9 Å². The number of hydrogen-bond acceptors (Lipinski definition) is 5.